The summed E-state index contributed by atoms with van der Waals surface area (Å²) in [5.74, 6) is 1.45. The van der Waals surface area contributed by atoms with Crippen molar-refractivity contribution < 1.29 is 0 Å². The van der Waals surface area contributed by atoms with E-state index in [4.69, 9.17) is 11.6 Å². The van der Waals surface area contributed by atoms with Gasteiger partial charge in [0, 0.05) is 19.5 Å². The Labute approximate surface area is 115 Å². The highest BCUT2D eigenvalue weighted by Gasteiger charge is 2.09. The van der Waals surface area contributed by atoms with Gasteiger partial charge in [0.25, 0.3) is 0 Å². The topological polar surface area (TPSA) is 46.8 Å². The Kier molecular flexibility index (Phi) is 2.83. The fraction of sp³-hybridized carbons (Fsp3) is 0.154. The van der Waals surface area contributed by atoms with E-state index in [1.165, 1.54) is 0 Å². The van der Waals surface area contributed by atoms with Crippen LogP contribution in [0.1, 0.15) is 0 Å². The van der Waals surface area contributed by atoms with Gasteiger partial charge in [-0.25, -0.2) is 9.67 Å². The van der Waals surface area contributed by atoms with E-state index in [0.717, 1.165) is 16.7 Å². The van der Waals surface area contributed by atoms with Gasteiger partial charge in [-0.2, -0.15) is 5.10 Å². The van der Waals surface area contributed by atoms with Crippen LogP contribution in [0.4, 0.5) is 5.82 Å². The lowest BCUT2D eigenvalue weighted by molar-refractivity contribution is 0.857. The fourth-order valence-electron chi connectivity index (χ4n) is 1.86. The lowest BCUT2D eigenvalue weighted by Gasteiger charge is -2.11. The van der Waals surface area contributed by atoms with Crippen LogP contribution in [0.2, 0.25) is 5.02 Å². The number of rotatable bonds is 2. The predicted molar refractivity (Wildman–Crippen MR) is 76.0 cm³/mol. The van der Waals surface area contributed by atoms with Crippen molar-refractivity contribution in [2.24, 2.45) is 0 Å². The van der Waals surface area contributed by atoms with Crippen LogP contribution in [-0.4, -0.2) is 33.8 Å². The monoisotopic (exact) mass is 273 g/mol. The summed E-state index contributed by atoms with van der Waals surface area (Å²) < 4.78 is 1.74. The Bertz CT molecular complexity index is 735. The van der Waals surface area contributed by atoms with Gasteiger partial charge in [-0.05, 0) is 12.1 Å². The summed E-state index contributed by atoms with van der Waals surface area (Å²) in [5.41, 5.74) is 0.915. The molecule has 1 aromatic carbocycles. The highest BCUT2D eigenvalue weighted by molar-refractivity contribution is 6.35. The largest absolute Gasteiger partial charge is 0.361 e. The molecule has 3 rings (SSSR count). The molecule has 96 valence electrons. The van der Waals surface area contributed by atoms with E-state index in [0.29, 0.717) is 10.8 Å². The number of hydrogen-bond acceptors (Lipinski definition) is 4. The number of benzene rings is 1. The van der Waals surface area contributed by atoms with E-state index < -0.39 is 0 Å². The lowest BCUT2D eigenvalue weighted by Crippen LogP contribution is -2.12. The average Bonchev–Trinajstić information content (AvgIpc) is 2.84. The van der Waals surface area contributed by atoms with Crippen LogP contribution >= 0.6 is 11.6 Å². The van der Waals surface area contributed by atoms with Gasteiger partial charge in [0.15, 0.2) is 5.82 Å². The smallest absolute Gasteiger partial charge is 0.174 e. The molecule has 2 heterocycles. The first-order valence-corrected chi connectivity index (χ1v) is 6.16. The molecule has 3 aromatic rings. The highest BCUT2D eigenvalue weighted by Crippen LogP contribution is 2.24. The van der Waals surface area contributed by atoms with Crippen LogP contribution in [0.15, 0.2) is 36.8 Å². The van der Waals surface area contributed by atoms with E-state index in [1.54, 1.807) is 23.3 Å². The number of halogens is 1. The molecule has 0 aliphatic heterocycles. The molecule has 0 saturated carbocycles. The van der Waals surface area contributed by atoms with Gasteiger partial charge in [0.1, 0.15) is 5.82 Å². The van der Waals surface area contributed by atoms with Gasteiger partial charge in [-0.1, -0.05) is 17.7 Å². The molecule has 0 saturated heterocycles. The maximum atomic E-state index is 6.14. The van der Waals surface area contributed by atoms with E-state index in [2.05, 4.69) is 15.1 Å². The van der Waals surface area contributed by atoms with Crippen LogP contribution in [0.5, 0.6) is 0 Å². The summed E-state index contributed by atoms with van der Waals surface area (Å²) in [6, 6.07) is 5.70. The van der Waals surface area contributed by atoms with Crippen molar-refractivity contribution in [3.63, 3.8) is 0 Å². The molecule has 0 N–H and O–H groups in total. The number of hydrogen-bond donors (Lipinski definition) is 0. The molecular weight excluding hydrogens is 262 g/mol. The van der Waals surface area contributed by atoms with Crippen LogP contribution in [-0.2, 0) is 0 Å². The van der Waals surface area contributed by atoms with Gasteiger partial charge in [0.05, 0.1) is 29.1 Å². The summed E-state index contributed by atoms with van der Waals surface area (Å²) in [6.07, 6.45) is 5.13. The maximum absolute atomic E-state index is 6.14. The zero-order valence-corrected chi connectivity index (χ0v) is 11.3. The van der Waals surface area contributed by atoms with Gasteiger partial charge < -0.3 is 4.90 Å². The molecule has 0 atom stereocenters. The number of aromatic nitrogens is 4. The summed E-state index contributed by atoms with van der Waals surface area (Å²) in [7, 11) is 3.84. The van der Waals surface area contributed by atoms with Crippen molar-refractivity contribution in [2.45, 2.75) is 0 Å². The van der Waals surface area contributed by atoms with Gasteiger partial charge >= 0.3 is 0 Å². The minimum atomic E-state index is 0.670. The normalized spacial score (nSPS) is 10.9. The molecule has 0 amide bonds. The third-order valence-corrected chi connectivity index (χ3v) is 3.17. The minimum Gasteiger partial charge on any atom is -0.361 e. The van der Waals surface area contributed by atoms with Gasteiger partial charge in [-0.15, -0.1) is 0 Å². The SMILES string of the molecule is CN(C)c1cncc(-n2ncc3c(Cl)cccc32)n1. The molecule has 6 heteroatoms. The lowest BCUT2D eigenvalue weighted by atomic mass is 10.2. The van der Waals surface area contributed by atoms with Crippen molar-refractivity contribution in [2.75, 3.05) is 19.0 Å². The molecule has 0 radical (unpaired) electrons. The molecular formula is C13H12ClN5. The van der Waals surface area contributed by atoms with Crippen LogP contribution in [0.3, 0.4) is 0 Å². The van der Waals surface area contributed by atoms with E-state index >= 15 is 0 Å². The molecule has 0 spiro atoms. The zero-order valence-electron chi connectivity index (χ0n) is 10.6. The molecule has 0 fully saturated rings. The number of fused-ring (bicyclic) bond motifs is 1. The first-order chi connectivity index (χ1) is 9.16. The molecule has 5 nitrogen and oxygen atoms in total. The van der Waals surface area contributed by atoms with Crippen molar-refractivity contribution in [3.05, 3.63) is 41.8 Å². The average molecular weight is 274 g/mol. The molecule has 2 aromatic heterocycles. The van der Waals surface area contributed by atoms with Crippen molar-refractivity contribution in [3.8, 4) is 5.82 Å². The predicted octanol–water partition coefficient (Wildman–Crippen LogP) is 2.53. The quantitative estimate of drug-likeness (QED) is 0.720. The molecule has 19 heavy (non-hydrogen) atoms. The third kappa shape index (κ3) is 2.02. The van der Waals surface area contributed by atoms with Crippen LogP contribution in [0.25, 0.3) is 16.7 Å². The van der Waals surface area contributed by atoms with Crippen LogP contribution in [0, 0.1) is 0 Å². The first kappa shape index (κ1) is 11.9. The molecule has 0 unspecified atom stereocenters. The Balaban J connectivity index is 2.19. The first-order valence-electron chi connectivity index (χ1n) is 5.79. The minimum absolute atomic E-state index is 0.670. The van der Waals surface area contributed by atoms with E-state index in [-0.39, 0.29) is 0 Å². The Hall–Kier alpha value is -2.14. The standard InChI is InChI=1S/C13H12ClN5/c1-18(2)12-7-15-8-13(17-12)19-11-5-3-4-10(14)9(11)6-16-19/h3-8H,1-2H3. The highest BCUT2D eigenvalue weighted by atomic mass is 35.5. The Morgan fingerprint density at radius 1 is 1.16 bits per heavy atom. The molecule has 0 aliphatic rings. The maximum Gasteiger partial charge on any atom is 0.174 e. The van der Waals surface area contributed by atoms with Gasteiger partial charge in [-0.3, -0.25) is 4.98 Å². The van der Waals surface area contributed by atoms with E-state index in [9.17, 15) is 0 Å². The van der Waals surface area contributed by atoms with Gasteiger partial charge in [0.2, 0.25) is 0 Å². The Morgan fingerprint density at radius 3 is 2.79 bits per heavy atom. The second kappa shape index (κ2) is 4.51. The molecule has 0 bridgehead atoms. The van der Waals surface area contributed by atoms with Crippen molar-refractivity contribution >= 4 is 28.3 Å². The Morgan fingerprint density at radius 2 is 2.00 bits per heavy atom. The second-order valence-electron chi connectivity index (χ2n) is 4.36. The fourth-order valence-corrected chi connectivity index (χ4v) is 2.08. The summed E-state index contributed by atoms with van der Waals surface area (Å²) in [6.45, 7) is 0. The number of nitrogens with zero attached hydrogens (tertiary/aromatic N) is 5. The summed E-state index contributed by atoms with van der Waals surface area (Å²) >= 11 is 6.14. The van der Waals surface area contributed by atoms with E-state index in [1.807, 2.05) is 37.2 Å². The van der Waals surface area contributed by atoms with Crippen molar-refractivity contribution in [1.29, 1.82) is 0 Å². The van der Waals surface area contributed by atoms with Crippen LogP contribution < -0.4 is 4.90 Å². The summed E-state index contributed by atoms with van der Waals surface area (Å²) in [4.78, 5) is 10.6. The third-order valence-electron chi connectivity index (χ3n) is 2.84. The zero-order chi connectivity index (χ0) is 13.4. The van der Waals surface area contributed by atoms with Crippen molar-refractivity contribution in [1.82, 2.24) is 19.7 Å². The molecule has 0 aliphatic carbocycles. The summed E-state index contributed by atoms with van der Waals surface area (Å²) in [5, 5.41) is 5.92. The number of anilines is 1. The second-order valence-corrected chi connectivity index (χ2v) is 4.77.